The summed E-state index contributed by atoms with van der Waals surface area (Å²) < 4.78 is 0. The van der Waals surface area contributed by atoms with E-state index in [0.717, 1.165) is 18.5 Å². The molecule has 7 nitrogen and oxygen atoms in total. The summed E-state index contributed by atoms with van der Waals surface area (Å²) in [5, 5.41) is 6.18. The first kappa shape index (κ1) is 18.4. The average Bonchev–Trinajstić information content (AvgIpc) is 3.56. The Morgan fingerprint density at radius 2 is 1.93 bits per heavy atom. The second-order valence-electron chi connectivity index (χ2n) is 7.43. The zero-order chi connectivity index (χ0) is 19.7. The molecule has 7 heteroatoms. The van der Waals surface area contributed by atoms with Gasteiger partial charge in [-0.15, -0.1) is 0 Å². The molecule has 4 rings (SSSR count). The first-order valence-corrected chi connectivity index (χ1v) is 9.57. The lowest BCUT2D eigenvalue weighted by Crippen LogP contribution is -2.23. The fourth-order valence-electron chi connectivity index (χ4n) is 3.30. The van der Waals surface area contributed by atoms with Gasteiger partial charge in [-0.25, -0.2) is 10.5 Å². The van der Waals surface area contributed by atoms with Crippen LogP contribution in [0.1, 0.15) is 53.1 Å². The Labute approximate surface area is 163 Å². The molecule has 28 heavy (non-hydrogen) atoms. The van der Waals surface area contributed by atoms with Crippen LogP contribution in [0.4, 0.5) is 17.2 Å². The lowest BCUT2D eigenvalue weighted by Gasteiger charge is -2.16. The lowest BCUT2D eigenvalue weighted by molar-refractivity contribution is -0.117. The number of nitrogens with zero attached hydrogens (tertiary/aromatic N) is 1. The SMILES string of the molecule is CONC(=O)c1cnc(NC(=O)C2CC2)cc1Nc1cccc(C2CC2)c1C. The van der Waals surface area contributed by atoms with E-state index in [0.29, 0.717) is 23.0 Å². The number of benzene rings is 1. The largest absolute Gasteiger partial charge is 0.354 e. The van der Waals surface area contributed by atoms with Gasteiger partial charge in [0.25, 0.3) is 5.91 Å². The quantitative estimate of drug-likeness (QED) is 0.638. The van der Waals surface area contributed by atoms with E-state index >= 15 is 0 Å². The summed E-state index contributed by atoms with van der Waals surface area (Å²) >= 11 is 0. The summed E-state index contributed by atoms with van der Waals surface area (Å²) in [6, 6.07) is 7.86. The Kier molecular flexibility index (Phi) is 5.00. The Bertz CT molecular complexity index is 920. The van der Waals surface area contributed by atoms with Gasteiger partial charge in [-0.3, -0.25) is 14.4 Å². The van der Waals surface area contributed by atoms with Crippen LogP contribution in [0.15, 0.2) is 30.5 Å². The summed E-state index contributed by atoms with van der Waals surface area (Å²) in [5.41, 5.74) is 6.66. The zero-order valence-electron chi connectivity index (χ0n) is 16.0. The third-order valence-corrected chi connectivity index (χ3v) is 5.20. The number of carbonyl (C=O) groups excluding carboxylic acids is 2. The van der Waals surface area contributed by atoms with Crippen LogP contribution in [-0.2, 0) is 9.63 Å². The van der Waals surface area contributed by atoms with Crippen molar-refractivity contribution in [2.24, 2.45) is 5.92 Å². The van der Waals surface area contributed by atoms with Crippen molar-refractivity contribution in [1.29, 1.82) is 0 Å². The number of anilines is 3. The molecule has 3 N–H and O–H groups in total. The number of hydroxylamine groups is 1. The van der Waals surface area contributed by atoms with Gasteiger partial charge in [0.15, 0.2) is 0 Å². The first-order valence-electron chi connectivity index (χ1n) is 9.57. The van der Waals surface area contributed by atoms with Gasteiger partial charge in [-0.2, -0.15) is 0 Å². The van der Waals surface area contributed by atoms with Crippen LogP contribution < -0.4 is 16.1 Å². The van der Waals surface area contributed by atoms with E-state index in [9.17, 15) is 9.59 Å². The molecule has 2 aliphatic rings. The summed E-state index contributed by atoms with van der Waals surface area (Å²) in [5.74, 6) is 0.688. The fourth-order valence-corrected chi connectivity index (χ4v) is 3.30. The highest BCUT2D eigenvalue weighted by atomic mass is 16.6. The molecule has 146 valence electrons. The third kappa shape index (κ3) is 3.99. The predicted molar refractivity (Wildman–Crippen MR) is 107 cm³/mol. The van der Waals surface area contributed by atoms with Crippen molar-refractivity contribution in [2.45, 2.75) is 38.5 Å². The molecule has 0 atom stereocenters. The van der Waals surface area contributed by atoms with Crippen LogP contribution in [0, 0.1) is 12.8 Å². The summed E-state index contributed by atoms with van der Waals surface area (Å²) in [7, 11) is 1.38. The summed E-state index contributed by atoms with van der Waals surface area (Å²) in [6.45, 7) is 2.09. The third-order valence-electron chi connectivity index (χ3n) is 5.20. The molecular formula is C21H24N4O3. The maximum atomic E-state index is 12.4. The van der Waals surface area contributed by atoms with E-state index in [2.05, 4.69) is 34.1 Å². The molecule has 1 heterocycles. The number of nitrogens with one attached hydrogen (secondary N) is 3. The van der Waals surface area contributed by atoms with Crippen LogP contribution >= 0.6 is 0 Å². The molecule has 1 aromatic carbocycles. The molecule has 0 spiro atoms. The second kappa shape index (κ2) is 7.59. The molecule has 0 bridgehead atoms. The molecular weight excluding hydrogens is 356 g/mol. The highest BCUT2D eigenvalue weighted by Gasteiger charge is 2.30. The Balaban J connectivity index is 1.65. The number of hydrogen-bond acceptors (Lipinski definition) is 5. The molecule has 0 aliphatic heterocycles. The number of aromatic nitrogens is 1. The summed E-state index contributed by atoms with van der Waals surface area (Å²) in [6.07, 6.45) is 5.72. The molecule has 2 amide bonds. The average molecular weight is 380 g/mol. The van der Waals surface area contributed by atoms with Crippen molar-refractivity contribution in [2.75, 3.05) is 17.7 Å². The van der Waals surface area contributed by atoms with Gasteiger partial charge in [0.05, 0.1) is 18.4 Å². The van der Waals surface area contributed by atoms with Gasteiger partial charge in [-0.05, 0) is 55.7 Å². The number of hydrogen-bond donors (Lipinski definition) is 3. The normalized spacial score (nSPS) is 15.8. The van der Waals surface area contributed by atoms with Crippen LogP contribution in [0.5, 0.6) is 0 Å². The van der Waals surface area contributed by atoms with E-state index < -0.39 is 5.91 Å². The van der Waals surface area contributed by atoms with Crippen LogP contribution in [0.3, 0.4) is 0 Å². The van der Waals surface area contributed by atoms with Crippen LogP contribution in [0.25, 0.3) is 0 Å². The molecule has 1 aromatic heterocycles. The van der Waals surface area contributed by atoms with Crippen molar-refractivity contribution in [3.8, 4) is 0 Å². The van der Waals surface area contributed by atoms with Crippen molar-refractivity contribution in [1.82, 2.24) is 10.5 Å². The molecule has 0 unspecified atom stereocenters. The van der Waals surface area contributed by atoms with Crippen LogP contribution in [0.2, 0.25) is 0 Å². The minimum absolute atomic E-state index is 0.0283. The lowest BCUT2D eigenvalue weighted by atomic mass is 10.0. The minimum Gasteiger partial charge on any atom is -0.354 e. The highest BCUT2D eigenvalue weighted by molar-refractivity contribution is 6.01. The van der Waals surface area contributed by atoms with E-state index in [1.807, 2.05) is 12.1 Å². The van der Waals surface area contributed by atoms with Crippen molar-refractivity contribution < 1.29 is 14.4 Å². The van der Waals surface area contributed by atoms with Gasteiger partial charge in [0.1, 0.15) is 5.82 Å². The van der Waals surface area contributed by atoms with Gasteiger partial charge in [-0.1, -0.05) is 12.1 Å². The molecule has 0 radical (unpaired) electrons. The van der Waals surface area contributed by atoms with E-state index in [4.69, 9.17) is 4.84 Å². The zero-order valence-corrected chi connectivity index (χ0v) is 16.0. The molecule has 2 aromatic rings. The van der Waals surface area contributed by atoms with E-state index in [1.54, 1.807) is 6.07 Å². The maximum absolute atomic E-state index is 12.4. The number of pyridine rings is 1. The second-order valence-corrected chi connectivity index (χ2v) is 7.43. The number of amides is 2. The molecule has 2 saturated carbocycles. The Morgan fingerprint density at radius 3 is 2.61 bits per heavy atom. The Morgan fingerprint density at radius 1 is 1.14 bits per heavy atom. The van der Waals surface area contributed by atoms with E-state index in [-0.39, 0.29) is 11.8 Å². The highest BCUT2D eigenvalue weighted by Crippen LogP contribution is 2.43. The Hall–Kier alpha value is -2.93. The number of rotatable bonds is 7. The van der Waals surface area contributed by atoms with Gasteiger partial charge < -0.3 is 10.6 Å². The number of carbonyl (C=O) groups is 2. The first-order chi connectivity index (χ1) is 13.6. The van der Waals surface area contributed by atoms with Crippen molar-refractivity contribution in [3.63, 3.8) is 0 Å². The van der Waals surface area contributed by atoms with Gasteiger partial charge in [0, 0.05) is 23.9 Å². The van der Waals surface area contributed by atoms with Gasteiger partial charge in [0.2, 0.25) is 5.91 Å². The fraction of sp³-hybridized carbons (Fsp3) is 0.381. The minimum atomic E-state index is -0.409. The van der Waals surface area contributed by atoms with Crippen molar-refractivity contribution in [3.05, 3.63) is 47.2 Å². The predicted octanol–water partition coefficient (Wildman–Crippen LogP) is 3.65. The standard InChI is InChI=1S/C21H24N4O3/c1-12-15(13-6-7-13)4-3-5-17(12)23-18-10-19(24-20(26)14-8-9-14)22-11-16(18)21(27)25-28-2/h3-5,10-11,13-14H,6-9H2,1-2H3,(H,25,27)(H2,22,23,24,26). The topological polar surface area (TPSA) is 92.3 Å². The summed E-state index contributed by atoms with van der Waals surface area (Å²) in [4.78, 5) is 33.4. The molecule has 2 aliphatic carbocycles. The van der Waals surface area contributed by atoms with E-state index in [1.165, 1.54) is 37.3 Å². The molecule has 2 fully saturated rings. The smallest absolute Gasteiger partial charge is 0.278 e. The maximum Gasteiger partial charge on any atom is 0.278 e. The van der Waals surface area contributed by atoms with Crippen molar-refractivity contribution >= 4 is 29.0 Å². The van der Waals surface area contributed by atoms with Crippen LogP contribution in [-0.4, -0.2) is 23.9 Å². The monoisotopic (exact) mass is 380 g/mol. The van der Waals surface area contributed by atoms with Gasteiger partial charge >= 0.3 is 0 Å². The molecule has 0 saturated heterocycles.